The summed E-state index contributed by atoms with van der Waals surface area (Å²) in [7, 11) is 0. The fourth-order valence-corrected chi connectivity index (χ4v) is 1.96. The van der Waals surface area contributed by atoms with Gasteiger partial charge in [-0.3, -0.25) is 14.9 Å². The largest absolute Gasteiger partial charge is 0.536 e. The monoisotopic (exact) mass is 353 g/mol. The first-order chi connectivity index (χ1) is 10.2. The van der Waals surface area contributed by atoms with Crippen molar-refractivity contribution in [2.75, 3.05) is 0 Å². The van der Waals surface area contributed by atoms with Crippen LogP contribution >= 0.6 is 0 Å². The van der Waals surface area contributed by atoms with Crippen molar-refractivity contribution in [1.29, 1.82) is 0 Å². The molecule has 0 saturated carbocycles. The number of alkyl halides is 8. The third kappa shape index (κ3) is 2.54. The van der Waals surface area contributed by atoms with Crippen LogP contribution in [0.4, 0.5) is 40.8 Å². The second-order valence-electron chi connectivity index (χ2n) is 4.28. The number of fused-ring (bicyclic) bond motifs is 1. The Labute approximate surface area is 120 Å². The molecule has 0 amide bonds. The van der Waals surface area contributed by atoms with E-state index >= 15 is 0 Å². The quantitative estimate of drug-likeness (QED) is 0.437. The number of halogens is 8. The summed E-state index contributed by atoms with van der Waals surface area (Å²) < 4.78 is 111. The highest BCUT2D eigenvalue weighted by Gasteiger charge is 2.79. The Bertz CT molecular complexity index is 639. The van der Waals surface area contributed by atoms with Crippen LogP contribution in [0.2, 0.25) is 0 Å². The van der Waals surface area contributed by atoms with E-state index in [9.17, 15) is 45.2 Å². The molecule has 0 aliphatic carbocycles. The van der Waals surface area contributed by atoms with Gasteiger partial charge in [0, 0.05) is 12.1 Å². The first kappa shape index (κ1) is 17.2. The summed E-state index contributed by atoms with van der Waals surface area (Å²) >= 11 is 0. The molecule has 0 bridgehead atoms. The van der Waals surface area contributed by atoms with Crippen LogP contribution < -0.4 is 4.74 Å². The van der Waals surface area contributed by atoms with Gasteiger partial charge in [0.2, 0.25) is 0 Å². The Morgan fingerprint density at radius 1 is 1.04 bits per heavy atom. The smallest absolute Gasteiger partial charge is 0.409 e. The van der Waals surface area contributed by atoms with E-state index in [4.69, 9.17) is 0 Å². The maximum absolute atomic E-state index is 13.1. The van der Waals surface area contributed by atoms with Crippen LogP contribution in [0, 0.1) is 10.1 Å². The average molecular weight is 353 g/mol. The number of benzene rings is 1. The number of hydrogen-bond acceptors (Lipinski definition) is 4. The Hall–Kier alpha value is -2.18. The molecule has 0 aromatic heterocycles. The molecule has 0 radical (unpaired) electrons. The van der Waals surface area contributed by atoms with Gasteiger partial charge < -0.3 is 4.74 Å². The number of nitro benzene ring substituents is 1. The van der Waals surface area contributed by atoms with Crippen LogP contribution in [0.1, 0.15) is 5.56 Å². The van der Waals surface area contributed by atoms with E-state index in [1.807, 2.05) is 0 Å². The van der Waals surface area contributed by atoms with E-state index < -0.39 is 46.2 Å². The summed E-state index contributed by atoms with van der Waals surface area (Å²) in [4.78, 5) is 9.24. The fraction of sp³-hybridized carbons (Fsp3) is 0.400. The second kappa shape index (κ2) is 4.66. The molecule has 0 N–H and O–H groups in total. The van der Waals surface area contributed by atoms with Gasteiger partial charge in [0.15, 0.2) is 0 Å². The molecule has 0 saturated heterocycles. The van der Waals surface area contributed by atoms with Gasteiger partial charge in [0.05, 0.1) is 10.5 Å². The van der Waals surface area contributed by atoms with E-state index in [1.54, 1.807) is 0 Å². The molecule has 2 rings (SSSR count). The SMILES string of the molecule is O=[N+]([O-])c1ccc2c(c1)C(C(F)(F)F)(C(F)(F)F)OC(F)(F)O2. The van der Waals surface area contributed by atoms with Gasteiger partial charge in [-0.25, -0.2) is 0 Å². The second-order valence-corrected chi connectivity index (χ2v) is 4.28. The van der Waals surface area contributed by atoms with Crippen molar-refractivity contribution in [2.24, 2.45) is 0 Å². The molecule has 128 valence electrons. The lowest BCUT2D eigenvalue weighted by Crippen LogP contribution is -2.61. The number of non-ortho nitro benzene ring substituents is 1. The standard InChI is InChI=1S/C10H3F8NO4/c11-8(12,13)7(9(14,15)16)5-3-4(19(20)21)1-2-6(5)22-10(17,18)23-7/h1-3H. The molecule has 5 nitrogen and oxygen atoms in total. The predicted molar refractivity (Wildman–Crippen MR) is 53.5 cm³/mol. The average Bonchev–Trinajstić information content (AvgIpc) is 2.33. The summed E-state index contributed by atoms with van der Waals surface area (Å²) in [5, 5.41) is 10.5. The lowest BCUT2D eigenvalue weighted by atomic mass is 9.90. The van der Waals surface area contributed by atoms with Crippen molar-refractivity contribution < 1.29 is 49.5 Å². The van der Waals surface area contributed by atoms with Crippen molar-refractivity contribution in [2.45, 2.75) is 24.2 Å². The van der Waals surface area contributed by atoms with Crippen molar-refractivity contribution in [3.63, 3.8) is 0 Å². The van der Waals surface area contributed by atoms with Crippen LogP contribution in [0.15, 0.2) is 18.2 Å². The highest BCUT2D eigenvalue weighted by molar-refractivity contribution is 5.49. The fourth-order valence-electron chi connectivity index (χ4n) is 1.96. The Balaban J connectivity index is 2.87. The zero-order valence-corrected chi connectivity index (χ0v) is 10.3. The van der Waals surface area contributed by atoms with Gasteiger partial charge >= 0.3 is 18.6 Å². The number of nitro groups is 1. The molecule has 1 aliphatic rings. The lowest BCUT2D eigenvalue weighted by Gasteiger charge is -2.42. The Morgan fingerprint density at radius 2 is 1.57 bits per heavy atom. The van der Waals surface area contributed by atoms with Crippen LogP contribution in [0.25, 0.3) is 0 Å². The summed E-state index contributed by atoms with van der Waals surface area (Å²) in [5.74, 6) is -1.54. The van der Waals surface area contributed by atoms with Gasteiger partial charge in [-0.15, -0.1) is 8.78 Å². The maximum atomic E-state index is 13.1. The van der Waals surface area contributed by atoms with Gasteiger partial charge in [-0.2, -0.15) is 26.3 Å². The number of nitrogens with zero attached hydrogens (tertiary/aromatic N) is 1. The summed E-state index contributed by atoms with van der Waals surface area (Å²) in [6.07, 6.45) is -18.1. The van der Waals surface area contributed by atoms with E-state index in [2.05, 4.69) is 9.47 Å². The van der Waals surface area contributed by atoms with Crippen LogP contribution in [0.5, 0.6) is 5.75 Å². The van der Waals surface area contributed by atoms with Crippen molar-refractivity contribution >= 4 is 5.69 Å². The minimum absolute atomic E-state index is 0.175. The molecule has 1 aromatic carbocycles. The predicted octanol–water partition coefficient (Wildman–Crippen LogP) is 3.87. The van der Waals surface area contributed by atoms with Crippen molar-refractivity contribution in [1.82, 2.24) is 0 Å². The molecule has 1 aliphatic heterocycles. The molecule has 0 fully saturated rings. The summed E-state index contributed by atoms with van der Waals surface area (Å²) in [5.41, 5.74) is -8.67. The maximum Gasteiger partial charge on any atom is 0.536 e. The first-order valence-electron chi connectivity index (χ1n) is 5.41. The normalized spacial score (nSPS) is 19.7. The van der Waals surface area contributed by atoms with Gasteiger partial charge in [-0.05, 0) is 6.07 Å². The number of rotatable bonds is 1. The highest BCUT2D eigenvalue weighted by Crippen LogP contribution is 2.60. The van der Waals surface area contributed by atoms with Gasteiger partial charge in [0.1, 0.15) is 5.75 Å². The zero-order chi connectivity index (χ0) is 17.8. The third-order valence-electron chi connectivity index (χ3n) is 2.85. The molecule has 23 heavy (non-hydrogen) atoms. The van der Waals surface area contributed by atoms with E-state index in [0.29, 0.717) is 6.07 Å². The topological polar surface area (TPSA) is 61.6 Å². The Kier molecular flexibility index (Phi) is 3.48. The minimum Gasteiger partial charge on any atom is -0.409 e. The molecule has 1 heterocycles. The van der Waals surface area contributed by atoms with Crippen LogP contribution in [0.3, 0.4) is 0 Å². The van der Waals surface area contributed by atoms with E-state index in [1.165, 1.54) is 0 Å². The Morgan fingerprint density at radius 3 is 2.00 bits per heavy atom. The lowest BCUT2D eigenvalue weighted by molar-refractivity contribution is -0.495. The molecule has 1 aromatic rings. The minimum atomic E-state index is -6.40. The van der Waals surface area contributed by atoms with Gasteiger partial charge in [0.25, 0.3) is 11.3 Å². The van der Waals surface area contributed by atoms with E-state index in [-0.39, 0.29) is 12.1 Å². The summed E-state index contributed by atoms with van der Waals surface area (Å²) in [6, 6.07) is 0.444. The van der Waals surface area contributed by atoms with Crippen LogP contribution in [-0.4, -0.2) is 23.6 Å². The molecule has 0 atom stereocenters. The number of ether oxygens (including phenoxy) is 2. The van der Waals surface area contributed by atoms with Gasteiger partial charge in [-0.1, -0.05) is 0 Å². The van der Waals surface area contributed by atoms with Crippen molar-refractivity contribution in [3.8, 4) is 5.75 Å². The first-order valence-corrected chi connectivity index (χ1v) is 5.41. The third-order valence-corrected chi connectivity index (χ3v) is 2.85. The summed E-state index contributed by atoms with van der Waals surface area (Å²) in [6.45, 7) is 0. The van der Waals surface area contributed by atoms with Crippen LogP contribution in [-0.2, 0) is 10.3 Å². The molecule has 0 unspecified atom stereocenters. The highest BCUT2D eigenvalue weighted by atomic mass is 19.4. The molecule has 0 spiro atoms. The number of hydrogen-bond donors (Lipinski definition) is 0. The zero-order valence-electron chi connectivity index (χ0n) is 10.3. The molecule has 13 heteroatoms. The van der Waals surface area contributed by atoms with Crippen molar-refractivity contribution in [3.05, 3.63) is 33.9 Å². The molecular formula is C10H3F8NO4. The molecular weight excluding hydrogens is 350 g/mol. The van der Waals surface area contributed by atoms with E-state index in [0.717, 1.165) is 0 Å².